The predicted molar refractivity (Wildman–Crippen MR) is 54.7 cm³/mol. The minimum Gasteiger partial charge on any atom is -0.354 e. The summed E-state index contributed by atoms with van der Waals surface area (Å²) in [7, 11) is 0. The Labute approximate surface area is 95.5 Å². The van der Waals surface area contributed by atoms with Gasteiger partial charge in [0.2, 0.25) is 0 Å². The maximum absolute atomic E-state index is 12.8. The molecule has 0 fully saturated rings. The van der Waals surface area contributed by atoms with Crippen molar-refractivity contribution in [3.63, 3.8) is 0 Å². The topological polar surface area (TPSA) is 41.8 Å². The molecule has 0 saturated carbocycles. The fourth-order valence-electron chi connectivity index (χ4n) is 1.69. The quantitative estimate of drug-likeness (QED) is 0.822. The molecule has 1 N–H and O–H groups in total. The van der Waals surface area contributed by atoms with Gasteiger partial charge in [-0.05, 0) is 12.5 Å². The van der Waals surface area contributed by atoms with Crippen LogP contribution in [-0.4, -0.2) is 29.5 Å². The van der Waals surface area contributed by atoms with Crippen LogP contribution in [0.25, 0.3) is 0 Å². The number of hydrogen-bond donors (Lipinski definition) is 1. The average molecular weight is 245 g/mol. The highest BCUT2D eigenvalue weighted by Crippen LogP contribution is 2.38. The third-order valence-corrected chi connectivity index (χ3v) is 2.60. The molecule has 92 valence electrons. The van der Waals surface area contributed by atoms with Crippen LogP contribution in [0.3, 0.4) is 0 Å². The van der Waals surface area contributed by atoms with E-state index in [-0.39, 0.29) is 5.56 Å². The van der Waals surface area contributed by atoms with Crippen molar-refractivity contribution in [3.05, 3.63) is 35.4 Å². The molecule has 1 aliphatic rings. The monoisotopic (exact) mass is 245 g/mol. The lowest BCUT2D eigenvalue weighted by Crippen LogP contribution is -2.52. The summed E-state index contributed by atoms with van der Waals surface area (Å²) >= 11 is 0. The van der Waals surface area contributed by atoms with E-state index < -0.39 is 24.4 Å². The third-order valence-electron chi connectivity index (χ3n) is 2.60. The minimum atomic E-state index is -4.91. The molecule has 1 unspecified atom stereocenters. The van der Waals surface area contributed by atoms with Crippen molar-refractivity contribution < 1.29 is 23.0 Å². The highest BCUT2D eigenvalue weighted by Gasteiger charge is 2.61. The second-order valence-electron chi connectivity index (χ2n) is 3.74. The Morgan fingerprint density at radius 2 is 2.00 bits per heavy atom. The number of halogens is 3. The Hall–Kier alpha value is -1.40. The Morgan fingerprint density at radius 1 is 1.35 bits per heavy atom. The summed E-state index contributed by atoms with van der Waals surface area (Å²) in [4.78, 5) is 3.61. The van der Waals surface area contributed by atoms with Crippen molar-refractivity contribution in [2.45, 2.75) is 18.9 Å². The molecule has 1 aromatic rings. The molecule has 0 aliphatic carbocycles. The molecule has 17 heavy (non-hydrogen) atoms. The number of benzene rings is 1. The van der Waals surface area contributed by atoms with E-state index in [0.29, 0.717) is 5.56 Å². The first-order valence-electron chi connectivity index (χ1n) is 4.90. The molecule has 3 nitrogen and oxygen atoms in total. The summed E-state index contributed by atoms with van der Waals surface area (Å²) in [6.07, 6.45) is -4.91. The van der Waals surface area contributed by atoms with E-state index in [4.69, 9.17) is 0 Å². The number of rotatable bonds is 1. The Balaban J connectivity index is 2.50. The minimum absolute atomic E-state index is 0.241. The molecule has 6 heteroatoms. The first kappa shape index (κ1) is 12.1. The summed E-state index contributed by atoms with van der Waals surface area (Å²) in [6.45, 7) is 1.15. The first-order valence-corrected chi connectivity index (χ1v) is 4.90. The van der Waals surface area contributed by atoms with Crippen LogP contribution in [-0.2, 0) is 4.74 Å². The molecular formula is C11H10F3NO2. The second kappa shape index (κ2) is 3.82. The van der Waals surface area contributed by atoms with E-state index in [0.717, 1.165) is 0 Å². The fraction of sp³-hybridized carbons (Fsp3) is 0.364. The summed E-state index contributed by atoms with van der Waals surface area (Å²) in [6, 6.07) is 6.40. The molecule has 0 spiro atoms. The van der Waals surface area contributed by atoms with Crippen LogP contribution in [0, 0.1) is 6.92 Å². The van der Waals surface area contributed by atoms with Crippen molar-refractivity contribution in [2.75, 3.05) is 6.73 Å². The SMILES string of the molecule is Cc1ccccc1C1=NCOC1(O)C(F)(F)F. The molecule has 1 aromatic carbocycles. The summed E-state index contributed by atoms with van der Waals surface area (Å²) in [5.74, 6) is -3.31. The zero-order valence-electron chi connectivity index (χ0n) is 8.95. The molecule has 2 rings (SSSR count). The average Bonchev–Trinajstić information content (AvgIpc) is 2.62. The number of aryl methyl sites for hydroxylation is 1. The van der Waals surface area contributed by atoms with E-state index in [1.54, 1.807) is 25.1 Å². The van der Waals surface area contributed by atoms with E-state index >= 15 is 0 Å². The van der Waals surface area contributed by atoms with E-state index in [1.807, 2.05) is 0 Å². The van der Waals surface area contributed by atoms with Gasteiger partial charge in [-0.15, -0.1) is 0 Å². The van der Waals surface area contributed by atoms with Gasteiger partial charge in [0.15, 0.2) is 0 Å². The molecule has 0 radical (unpaired) electrons. The maximum atomic E-state index is 12.8. The van der Waals surface area contributed by atoms with Crippen molar-refractivity contribution in [3.8, 4) is 0 Å². The zero-order valence-corrected chi connectivity index (χ0v) is 8.95. The van der Waals surface area contributed by atoms with Gasteiger partial charge in [0.1, 0.15) is 12.4 Å². The number of aliphatic hydroxyl groups is 1. The number of aliphatic imine (C=N–C) groups is 1. The van der Waals surface area contributed by atoms with Gasteiger partial charge in [-0.1, -0.05) is 24.3 Å². The molecule has 1 aliphatic heterocycles. The number of alkyl halides is 3. The smallest absolute Gasteiger partial charge is 0.354 e. The van der Waals surface area contributed by atoms with Gasteiger partial charge in [-0.3, -0.25) is 4.99 Å². The lowest BCUT2D eigenvalue weighted by atomic mass is 9.98. The molecule has 1 atom stereocenters. The van der Waals surface area contributed by atoms with Gasteiger partial charge in [0.25, 0.3) is 0 Å². The van der Waals surface area contributed by atoms with E-state index in [9.17, 15) is 18.3 Å². The van der Waals surface area contributed by atoms with E-state index in [2.05, 4.69) is 9.73 Å². The van der Waals surface area contributed by atoms with Crippen LogP contribution >= 0.6 is 0 Å². The highest BCUT2D eigenvalue weighted by atomic mass is 19.4. The molecule has 0 amide bonds. The molecule has 0 aromatic heterocycles. The van der Waals surface area contributed by atoms with E-state index in [1.165, 1.54) is 6.07 Å². The number of hydrogen-bond acceptors (Lipinski definition) is 3. The summed E-state index contributed by atoms with van der Waals surface area (Å²) in [5, 5.41) is 9.59. The lowest BCUT2D eigenvalue weighted by Gasteiger charge is -2.26. The number of ether oxygens (including phenoxy) is 1. The van der Waals surface area contributed by atoms with Gasteiger partial charge < -0.3 is 9.84 Å². The van der Waals surface area contributed by atoms with Crippen molar-refractivity contribution >= 4 is 5.71 Å². The van der Waals surface area contributed by atoms with Crippen molar-refractivity contribution in [2.24, 2.45) is 4.99 Å². The molecule has 0 saturated heterocycles. The Morgan fingerprint density at radius 3 is 2.59 bits per heavy atom. The van der Waals surface area contributed by atoms with Crippen molar-refractivity contribution in [1.82, 2.24) is 0 Å². The van der Waals surface area contributed by atoms with Gasteiger partial charge in [-0.2, -0.15) is 13.2 Å². The van der Waals surface area contributed by atoms with Gasteiger partial charge in [-0.25, -0.2) is 0 Å². The lowest BCUT2D eigenvalue weighted by molar-refractivity contribution is -0.321. The molecule has 0 bridgehead atoms. The van der Waals surface area contributed by atoms with Crippen LogP contribution in [0.2, 0.25) is 0 Å². The molecule has 1 heterocycles. The highest BCUT2D eigenvalue weighted by molar-refractivity contribution is 6.07. The van der Waals surface area contributed by atoms with Crippen LogP contribution < -0.4 is 0 Å². The van der Waals surface area contributed by atoms with Gasteiger partial charge in [0, 0.05) is 5.56 Å². The Bertz CT molecular complexity index is 470. The predicted octanol–water partition coefficient (Wildman–Crippen LogP) is 2.02. The number of nitrogens with zero attached hydrogens (tertiary/aromatic N) is 1. The van der Waals surface area contributed by atoms with Crippen molar-refractivity contribution in [1.29, 1.82) is 0 Å². The largest absolute Gasteiger partial charge is 0.449 e. The maximum Gasteiger partial charge on any atom is 0.449 e. The zero-order chi connectivity index (χ0) is 12.7. The second-order valence-corrected chi connectivity index (χ2v) is 3.74. The standard InChI is InChI=1S/C11H10F3NO2/c1-7-4-2-3-5-8(7)9-10(16,11(12,13)14)17-6-15-9/h2-5,16H,6H2,1H3. The summed E-state index contributed by atoms with van der Waals surface area (Å²) in [5.41, 5.74) is 0.354. The first-order chi connectivity index (χ1) is 7.86. The van der Waals surface area contributed by atoms with Crippen LogP contribution in [0.15, 0.2) is 29.3 Å². The fourth-order valence-corrected chi connectivity index (χ4v) is 1.69. The van der Waals surface area contributed by atoms with Crippen LogP contribution in [0.4, 0.5) is 13.2 Å². The Kier molecular flexibility index (Phi) is 2.71. The molecular weight excluding hydrogens is 235 g/mol. The van der Waals surface area contributed by atoms with Crippen LogP contribution in [0.5, 0.6) is 0 Å². The van der Waals surface area contributed by atoms with Gasteiger partial charge >= 0.3 is 12.0 Å². The van der Waals surface area contributed by atoms with Crippen LogP contribution in [0.1, 0.15) is 11.1 Å². The summed E-state index contributed by atoms with van der Waals surface area (Å²) < 4.78 is 42.6. The third kappa shape index (κ3) is 1.83. The normalized spacial score (nSPS) is 24.9. The van der Waals surface area contributed by atoms with Gasteiger partial charge in [0.05, 0.1) is 0 Å².